The Labute approximate surface area is 150 Å². The van der Waals surface area contributed by atoms with Gasteiger partial charge in [-0.3, -0.25) is 14.9 Å². The zero-order chi connectivity index (χ0) is 18.8. The summed E-state index contributed by atoms with van der Waals surface area (Å²) in [5.41, 5.74) is 1.30. The maximum Gasteiger partial charge on any atom is 0.293 e. The minimum Gasteiger partial charge on any atom is -0.459 e. The Morgan fingerprint density at radius 3 is 2.58 bits per heavy atom. The molecule has 1 atom stereocenters. The van der Waals surface area contributed by atoms with Gasteiger partial charge in [0.2, 0.25) is 0 Å². The van der Waals surface area contributed by atoms with Crippen molar-refractivity contribution in [2.45, 2.75) is 13.0 Å². The fourth-order valence-corrected chi connectivity index (χ4v) is 2.76. The molecule has 0 spiro atoms. The molecule has 1 aromatic heterocycles. The average Bonchev–Trinajstić information content (AvgIpc) is 3.05. The third-order valence-electron chi connectivity index (χ3n) is 4.14. The Bertz CT molecular complexity index is 945. The number of hydrogen-bond donors (Lipinski definition) is 1. The Morgan fingerprint density at radius 2 is 1.92 bits per heavy atom. The van der Waals surface area contributed by atoms with E-state index in [4.69, 9.17) is 4.42 Å². The van der Waals surface area contributed by atoms with Crippen molar-refractivity contribution < 1.29 is 14.1 Å². The van der Waals surface area contributed by atoms with Gasteiger partial charge in [0, 0.05) is 31.1 Å². The van der Waals surface area contributed by atoms with E-state index in [2.05, 4.69) is 5.32 Å². The Hall–Kier alpha value is -3.35. The lowest BCUT2D eigenvalue weighted by Crippen LogP contribution is -2.26. The van der Waals surface area contributed by atoms with E-state index in [-0.39, 0.29) is 17.3 Å². The van der Waals surface area contributed by atoms with Crippen LogP contribution >= 0.6 is 0 Å². The van der Waals surface area contributed by atoms with Crippen LogP contribution in [0.15, 0.2) is 52.9 Å². The molecule has 0 aliphatic carbocycles. The number of nitro groups is 1. The van der Waals surface area contributed by atoms with Crippen LogP contribution in [0.1, 0.15) is 29.1 Å². The van der Waals surface area contributed by atoms with Crippen molar-refractivity contribution >= 4 is 28.3 Å². The van der Waals surface area contributed by atoms with Crippen LogP contribution in [0.4, 0.5) is 11.4 Å². The molecule has 0 radical (unpaired) electrons. The fraction of sp³-hybridized carbons (Fsp3) is 0.211. The molecule has 7 nitrogen and oxygen atoms in total. The zero-order valence-corrected chi connectivity index (χ0v) is 14.7. The fourth-order valence-electron chi connectivity index (χ4n) is 2.76. The molecule has 7 heteroatoms. The lowest BCUT2D eigenvalue weighted by molar-refractivity contribution is -0.384. The van der Waals surface area contributed by atoms with Crippen molar-refractivity contribution in [1.82, 2.24) is 5.32 Å². The van der Waals surface area contributed by atoms with E-state index in [0.717, 1.165) is 11.0 Å². The third-order valence-corrected chi connectivity index (χ3v) is 4.14. The van der Waals surface area contributed by atoms with Gasteiger partial charge in [-0.1, -0.05) is 18.2 Å². The second-order valence-electron chi connectivity index (χ2n) is 6.24. The van der Waals surface area contributed by atoms with Gasteiger partial charge in [0.05, 0.1) is 11.0 Å². The van der Waals surface area contributed by atoms with Crippen LogP contribution in [-0.2, 0) is 0 Å². The van der Waals surface area contributed by atoms with Gasteiger partial charge in [0.15, 0.2) is 0 Å². The van der Waals surface area contributed by atoms with Crippen molar-refractivity contribution in [2.24, 2.45) is 0 Å². The molecule has 26 heavy (non-hydrogen) atoms. The van der Waals surface area contributed by atoms with Crippen molar-refractivity contribution in [3.8, 4) is 0 Å². The Kier molecular flexibility index (Phi) is 4.62. The van der Waals surface area contributed by atoms with Crippen LogP contribution in [-0.4, -0.2) is 24.9 Å². The number of fused-ring (bicyclic) bond motifs is 1. The van der Waals surface area contributed by atoms with Crippen molar-refractivity contribution in [3.63, 3.8) is 0 Å². The molecule has 3 rings (SSSR count). The second kappa shape index (κ2) is 6.87. The smallest absolute Gasteiger partial charge is 0.293 e. The number of nitrogens with zero attached hydrogens (tertiary/aromatic N) is 2. The highest BCUT2D eigenvalue weighted by Crippen LogP contribution is 2.28. The molecular formula is C19H19N3O4. The van der Waals surface area contributed by atoms with Gasteiger partial charge in [-0.25, -0.2) is 0 Å². The predicted octanol–water partition coefficient (Wildman–Crippen LogP) is 3.90. The minimum atomic E-state index is -0.491. The standard InChI is InChI=1S/C19H19N3O4/c1-12(18-11-13-6-4-5-7-17(13)26-18)20-19(23)14-8-9-15(21(2)3)16(10-14)22(24)25/h4-12H,1-3H3,(H,20,23)/t12-/m1/s1. The average molecular weight is 353 g/mol. The van der Waals surface area contributed by atoms with Crippen LogP contribution in [0.5, 0.6) is 0 Å². The highest BCUT2D eigenvalue weighted by molar-refractivity contribution is 5.96. The molecule has 134 valence electrons. The van der Waals surface area contributed by atoms with Crippen molar-refractivity contribution in [3.05, 3.63) is 70.0 Å². The summed E-state index contributed by atoms with van der Waals surface area (Å²) >= 11 is 0. The molecule has 2 aromatic carbocycles. The molecule has 0 aliphatic heterocycles. The number of nitro benzene ring substituents is 1. The highest BCUT2D eigenvalue weighted by atomic mass is 16.6. The number of para-hydroxylation sites is 1. The van der Waals surface area contributed by atoms with Crippen LogP contribution in [0.3, 0.4) is 0 Å². The van der Waals surface area contributed by atoms with Crippen LogP contribution in [0.2, 0.25) is 0 Å². The summed E-state index contributed by atoms with van der Waals surface area (Å²) < 4.78 is 5.75. The topological polar surface area (TPSA) is 88.6 Å². The quantitative estimate of drug-likeness (QED) is 0.555. The van der Waals surface area contributed by atoms with Gasteiger partial charge in [0.25, 0.3) is 11.6 Å². The zero-order valence-electron chi connectivity index (χ0n) is 14.7. The summed E-state index contributed by atoms with van der Waals surface area (Å²) in [5, 5.41) is 15.0. The molecule has 1 N–H and O–H groups in total. The first-order chi connectivity index (χ1) is 12.4. The van der Waals surface area contributed by atoms with Gasteiger partial charge in [-0.15, -0.1) is 0 Å². The second-order valence-corrected chi connectivity index (χ2v) is 6.24. The highest BCUT2D eigenvalue weighted by Gasteiger charge is 2.21. The molecule has 0 fully saturated rings. The monoisotopic (exact) mass is 353 g/mol. The molecule has 0 saturated heterocycles. The maximum absolute atomic E-state index is 12.5. The first-order valence-electron chi connectivity index (χ1n) is 8.12. The number of rotatable bonds is 5. The Balaban J connectivity index is 1.83. The number of carbonyl (C=O) groups excluding carboxylic acids is 1. The maximum atomic E-state index is 12.5. The molecule has 1 heterocycles. The van der Waals surface area contributed by atoms with E-state index in [9.17, 15) is 14.9 Å². The Morgan fingerprint density at radius 1 is 1.19 bits per heavy atom. The van der Waals surface area contributed by atoms with Gasteiger partial charge in [-0.05, 0) is 31.2 Å². The van der Waals surface area contributed by atoms with E-state index in [0.29, 0.717) is 11.4 Å². The van der Waals surface area contributed by atoms with E-state index in [1.165, 1.54) is 6.07 Å². The number of amides is 1. The molecular weight excluding hydrogens is 334 g/mol. The van der Waals surface area contributed by atoms with Crippen molar-refractivity contribution in [1.29, 1.82) is 0 Å². The number of nitrogens with one attached hydrogen (secondary N) is 1. The van der Waals surface area contributed by atoms with E-state index in [1.807, 2.05) is 30.3 Å². The van der Waals surface area contributed by atoms with Gasteiger partial charge < -0.3 is 14.6 Å². The first-order valence-corrected chi connectivity index (χ1v) is 8.12. The number of hydrogen-bond acceptors (Lipinski definition) is 5. The minimum absolute atomic E-state index is 0.112. The lowest BCUT2D eigenvalue weighted by atomic mass is 10.1. The van der Waals surface area contributed by atoms with Crippen LogP contribution in [0.25, 0.3) is 11.0 Å². The summed E-state index contributed by atoms with van der Waals surface area (Å²) in [7, 11) is 3.43. The van der Waals surface area contributed by atoms with E-state index in [1.54, 1.807) is 38.1 Å². The number of anilines is 1. The van der Waals surface area contributed by atoms with Gasteiger partial charge in [0.1, 0.15) is 17.0 Å². The molecule has 0 bridgehead atoms. The van der Waals surface area contributed by atoms with E-state index < -0.39 is 10.8 Å². The number of carbonyl (C=O) groups is 1. The molecule has 0 aliphatic rings. The van der Waals surface area contributed by atoms with Gasteiger partial charge >= 0.3 is 0 Å². The summed E-state index contributed by atoms with van der Waals surface area (Å²) in [6, 6.07) is 13.5. The third kappa shape index (κ3) is 3.37. The van der Waals surface area contributed by atoms with Crippen molar-refractivity contribution in [2.75, 3.05) is 19.0 Å². The lowest BCUT2D eigenvalue weighted by Gasteiger charge is -2.14. The molecule has 0 saturated carbocycles. The normalized spacial score (nSPS) is 12.0. The molecule has 0 unspecified atom stereocenters. The number of benzene rings is 2. The SMILES string of the molecule is C[C@@H](NC(=O)c1ccc(N(C)C)c([N+](=O)[O-])c1)c1cc2ccccc2o1. The van der Waals surface area contributed by atoms with Crippen LogP contribution < -0.4 is 10.2 Å². The number of furan rings is 1. The largest absolute Gasteiger partial charge is 0.459 e. The summed E-state index contributed by atoms with van der Waals surface area (Å²) in [6.45, 7) is 1.80. The van der Waals surface area contributed by atoms with Gasteiger partial charge in [-0.2, -0.15) is 0 Å². The molecule has 3 aromatic rings. The predicted molar refractivity (Wildman–Crippen MR) is 99.5 cm³/mol. The first kappa shape index (κ1) is 17.5. The summed E-state index contributed by atoms with van der Waals surface area (Å²) in [4.78, 5) is 24.9. The summed E-state index contributed by atoms with van der Waals surface area (Å²) in [6.07, 6.45) is 0. The van der Waals surface area contributed by atoms with Crippen LogP contribution in [0, 0.1) is 10.1 Å². The molecule has 1 amide bonds. The summed E-state index contributed by atoms with van der Waals surface area (Å²) in [5.74, 6) is 0.227. The van der Waals surface area contributed by atoms with E-state index >= 15 is 0 Å².